The van der Waals surface area contributed by atoms with Crippen LogP contribution in [-0.2, 0) is 14.8 Å². The van der Waals surface area contributed by atoms with Crippen molar-refractivity contribution in [2.75, 3.05) is 0 Å². The average molecular weight is 456 g/mol. The summed E-state index contributed by atoms with van der Waals surface area (Å²) < 4.78 is 6.87. The first-order chi connectivity index (χ1) is 14.0. The predicted molar refractivity (Wildman–Crippen MR) is 134 cm³/mol. The summed E-state index contributed by atoms with van der Waals surface area (Å²) in [7, 11) is -4.59. The predicted octanol–water partition coefficient (Wildman–Crippen LogP) is 5.42. The summed E-state index contributed by atoms with van der Waals surface area (Å²) >= 11 is 0. The summed E-state index contributed by atoms with van der Waals surface area (Å²) in [4.78, 5) is 13.2. The molecule has 31 heavy (non-hydrogen) atoms. The van der Waals surface area contributed by atoms with E-state index in [2.05, 4.69) is 73.8 Å². The van der Waals surface area contributed by atoms with Gasteiger partial charge in [0.2, 0.25) is 0 Å². The van der Waals surface area contributed by atoms with Gasteiger partial charge in [-0.2, -0.15) is 0 Å². The zero-order chi connectivity index (χ0) is 23.9. The second-order valence-corrected chi connectivity index (χ2v) is 21.6. The van der Waals surface area contributed by atoms with E-state index in [4.69, 9.17) is 4.43 Å². The molecule has 0 saturated carbocycles. The molecule has 0 radical (unpaired) electrons. The number of carboxylic acid groups (broad SMARTS) is 1. The van der Waals surface area contributed by atoms with Gasteiger partial charge < -0.3 is 14.3 Å². The van der Waals surface area contributed by atoms with Crippen LogP contribution >= 0.6 is 0 Å². The Balaban J connectivity index is 2.97. The molecule has 2 rings (SSSR count). The van der Waals surface area contributed by atoms with Gasteiger partial charge in [0.15, 0.2) is 8.32 Å². The highest BCUT2D eigenvalue weighted by Gasteiger charge is 2.50. The van der Waals surface area contributed by atoms with E-state index < -0.39 is 28.0 Å². The summed E-state index contributed by atoms with van der Waals surface area (Å²) in [6.07, 6.45) is 0. The number of aliphatic carboxylic acids is 1. The maximum absolute atomic E-state index is 13.2. The van der Waals surface area contributed by atoms with E-state index in [9.17, 15) is 9.90 Å². The van der Waals surface area contributed by atoms with Gasteiger partial charge in [0.25, 0.3) is 0 Å². The highest BCUT2D eigenvalue weighted by atomic mass is 28.4. The molecule has 0 aromatic heterocycles. The Labute approximate surface area is 191 Å². The third kappa shape index (κ3) is 4.59. The molecular formula is C26H39O3Si2-. The van der Waals surface area contributed by atoms with Crippen molar-refractivity contribution in [1.82, 2.24) is 0 Å². The fourth-order valence-electron chi connectivity index (χ4n) is 3.49. The van der Waals surface area contributed by atoms with Gasteiger partial charge in [-0.05, 0) is 34.3 Å². The van der Waals surface area contributed by atoms with E-state index in [1.165, 1.54) is 0 Å². The van der Waals surface area contributed by atoms with Crippen LogP contribution in [0.1, 0.15) is 52.7 Å². The highest BCUT2D eigenvalue weighted by molar-refractivity contribution is 6.92. The Morgan fingerprint density at radius 1 is 0.774 bits per heavy atom. The number of carbonyl (C=O) groups excluding carboxylic acids is 1. The van der Waals surface area contributed by atoms with Crippen molar-refractivity contribution in [3.63, 3.8) is 0 Å². The summed E-state index contributed by atoms with van der Waals surface area (Å²) in [5.74, 6) is -1.20. The lowest BCUT2D eigenvalue weighted by Gasteiger charge is -2.49. The number of carboxylic acids is 1. The Morgan fingerprint density at radius 2 is 1.26 bits per heavy atom. The first-order valence-electron chi connectivity index (χ1n) is 11.1. The summed E-state index contributed by atoms with van der Waals surface area (Å²) in [5.41, 5.74) is -0.320. The van der Waals surface area contributed by atoms with Gasteiger partial charge in [-0.15, -0.1) is 0 Å². The van der Waals surface area contributed by atoms with Crippen LogP contribution in [0, 0.1) is 0 Å². The molecule has 0 bridgehead atoms. The molecule has 0 amide bonds. The minimum Gasteiger partial charge on any atom is -0.546 e. The second kappa shape index (κ2) is 8.34. The standard InChI is InChI=1S/C26H40O3Si2/c1-24(2,3)30(7,8)22-19-15-14-18-21(22)26(23(27)28,20-16-12-11-13-17-20)29-31(9,10)25(4,5)6/h11-19H,1-10H3,(H,27,28)/p-1. The first-order valence-corrected chi connectivity index (χ1v) is 17.0. The van der Waals surface area contributed by atoms with Gasteiger partial charge in [0.1, 0.15) is 5.60 Å². The molecule has 5 heteroatoms. The molecule has 0 heterocycles. The summed E-state index contributed by atoms with van der Waals surface area (Å²) in [6, 6.07) is 17.3. The highest BCUT2D eigenvalue weighted by Crippen LogP contribution is 2.45. The van der Waals surface area contributed by atoms with Gasteiger partial charge in [-0.3, -0.25) is 0 Å². The molecule has 170 valence electrons. The minimum atomic E-state index is -2.50. The van der Waals surface area contributed by atoms with Crippen LogP contribution in [0.15, 0.2) is 54.6 Å². The van der Waals surface area contributed by atoms with Crippen LogP contribution in [0.5, 0.6) is 0 Å². The third-order valence-electron chi connectivity index (χ3n) is 7.54. The lowest BCUT2D eigenvalue weighted by atomic mass is 9.86. The topological polar surface area (TPSA) is 49.4 Å². The van der Waals surface area contributed by atoms with Crippen LogP contribution in [-0.4, -0.2) is 22.4 Å². The number of carbonyl (C=O) groups is 1. The average Bonchev–Trinajstić information content (AvgIpc) is 2.64. The molecule has 2 aromatic carbocycles. The molecule has 0 fully saturated rings. The normalized spacial score (nSPS) is 15.4. The quantitative estimate of drug-likeness (QED) is 0.547. The Morgan fingerprint density at radius 3 is 1.71 bits per heavy atom. The molecule has 0 aliphatic rings. The summed E-state index contributed by atoms with van der Waals surface area (Å²) in [5, 5.41) is 14.1. The van der Waals surface area contributed by atoms with Crippen molar-refractivity contribution in [3.05, 3.63) is 65.7 Å². The first kappa shape index (κ1) is 25.6. The van der Waals surface area contributed by atoms with Crippen LogP contribution in [0.3, 0.4) is 0 Å². The monoisotopic (exact) mass is 455 g/mol. The van der Waals surface area contributed by atoms with E-state index in [1.807, 2.05) is 48.5 Å². The van der Waals surface area contributed by atoms with Crippen molar-refractivity contribution in [2.24, 2.45) is 0 Å². The maximum Gasteiger partial charge on any atom is 0.194 e. The molecule has 1 unspecified atom stereocenters. The van der Waals surface area contributed by atoms with Crippen molar-refractivity contribution < 1.29 is 14.3 Å². The molecule has 3 nitrogen and oxygen atoms in total. The van der Waals surface area contributed by atoms with Crippen molar-refractivity contribution in [2.45, 2.75) is 83.4 Å². The van der Waals surface area contributed by atoms with Crippen molar-refractivity contribution >= 4 is 27.5 Å². The Kier molecular flexibility index (Phi) is 6.88. The Hall–Kier alpha value is -1.70. The van der Waals surface area contributed by atoms with Crippen LogP contribution in [0.4, 0.5) is 0 Å². The van der Waals surface area contributed by atoms with Crippen LogP contribution in [0.2, 0.25) is 36.3 Å². The smallest absolute Gasteiger partial charge is 0.194 e. The molecule has 0 spiro atoms. The largest absolute Gasteiger partial charge is 0.546 e. The van der Waals surface area contributed by atoms with E-state index in [-0.39, 0.29) is 10.1 Å². The lowest BCUT2D eigenvalue weighted by molar-refractivity contribution is -0.321. The fraction of sp³-hybridized carbons (Fsp3) is 0.500. The zero-order valence-corrected chi connectivity index (χ0v) is 22.9. The molecule has 1 atom stereocenters. The summed E-state index contributed by atoms with van der Waals surface area (Å²) in [6.45, 7) is 21.9. The Bertz CT molecular complexity index is 922. The van der Waals surface area contributed by atoms with Gasteiger partial charge >= 0.3 is 0 Å². The maximum atomic E-state index is 13.2. The number of rotatable bonds is 6. The molecule has 0 saturated heterocycles. The van der Waals surface area contributed by atoms with E-state index in [0.717, 1.165) is 10.8 Å². The third-order valence-corrected chi connectivity index (χ3v) is 17.5. The van der Waals surface area contributed by atoms with Crippen LogP contribution in [0.25, 0.3) is 0 Å². The van der Waals surface area contributed by atoms with Gasteiger partial charge in [-0.1, -0.05) is 114 Å². The molecule has 2 aromatic rings. The van der Waals surface area contributed by atoms with Gasteiger partial charge in [-0.25, -0.2) is 0 Å². The van der Waals surface area contributed by atoms with E-state index >= 15 is 0 Å². The van der Waals surface area contributed by atoms with E-state index in [1.54, 1.807) is 0 Å². The molecule has 0 aliphatic heterocycles. The molecule has 0 aliphatic carbocycles. The number of benzene rings is 2. The number of hydrogen-bond acceptors (Lipinski definition) is 3. The SMILES string of the molecule is CC(C)(C)[Si](C)(C)OC(C(=O)[O-])(c1ccccc1)c1ccccc1[Si](C)(C)C(C)(C)C. The van der Waals surface area contributed by atoms with Gasteiger partial charge in [0, 0.05) is 0 Å². The van der Waals surface area contributed by atoms with Gasteiger partial charge in [0.05, 0.1) is 14.0 Å². The van der Waals surface area contributed by atoms with Crippen molar-refractivity contribution in [1.29, 1.82) is 0 Å². The lowest BCUT2D eigenvalue weighted by Crippen LogP contribution is -2.61. The minimum absolute atomic E-state index is 0.0361. The second-order valence-electron chi connectivity index (χ2n) is 11.6. The zero-order valence-electron chi connectivity index (χ0n) is 20.9. The molecule has 0 N–H and O–H groups in total. The van der Waals surface area contributed by atoms with E-state index in [0.29, 0.717) is 5.56 Å². The fourth-order valence-corrected chi connectivity index (χ4v) is 7.12. The molecular weight excluding hydrogens is 416 g/mol. The van der Waals surface area contributed by atoms with Crippen LogP contribution < -0.4 is 10.3 Å². The van der Waals surface area contributed by atoms with Crippen molar-refractivity contribution in [3.8, 4) is 0 Å². The number of hydrogen-bond donors (Lipinski definition) is 0.